The molecule has 1 aromatic rings. The Bertz CT molecular complexity index is 983. The van der Waals surface area contributed by atoms with Crippen LogP contribution < -0.4 is 0 Å². The lowest BCUT2D eigenvalue weighted by Crippen LogP contribution is -2.34. The maximum absolute atomic E-state index is 13.3. The van der Waals surface area contributed by atoms with Crippen molar-refractivity contribution < 1.29 is 9.59 Å². The molecule has 1 saturated carbocycles. The third-order valence-electron chi connectivity index (χ3n) is 7.85. The summed E-state index contributed by atoms with van der Waals surface area (Å²) in [5.74, 6) is 1.50. The molecule has 0 aliphatic heterocycles. The zero-order valence-corrected chi connectivity index (χ0v) is 21.6. The van der Waals surface area contributed by atoms with Gasteiger partial charge in [-0.3, -0.25) is 9.59 Å². The number of aromatic nitrogens is 2. The van der Waals surface area contributed by atoms with E-state index in [9.17, 15) is 9.59 Å². The maximum atomic E-state index is 13.3. The molecule has 0 aromatic carbocycles. The number of hydrogen-bond acceptors (Lipinski definition) is 4. The Labute approximate surface area is 203 Å². The Hall–Kier alpha value is -2.14. The number of hydrogen-bond donors (Lipinski definition) is 1. The summed E-state index contributed by atoms with van der Waals surface area (Å²) in [6.07, 6.45) is 16.4. The second-order valence-electron chi connectivity index (χ2n) is 10.5. The second kappa shape index (κ2) is 10.4. The normalized spacial score (nSPS) is 26.7. The van der Waals surface area contributed by atoms with Gasteiger partial charge in [-0.2, -0.15) is 0 Å². The fourth-order valence-electron chi connectivity index (χ4n) is 5.10. The molecule has 1 heterocycles. The topological polar surface area (TPSA) is 62.8 Å². The van der Waals surface area contributed by atoms with Crippen molar-refractivity contribution in [2.24, 2.45) is 22.7 Å². The highest BCUT2D eigenvalue weighted by atomic mass is 32.2. The molecule has 1 N–H and O–H groups in total. The van der Waals surface area contributed by atoms with Crippen molar-refractivity contribution in [3.63, 3.8) is 0 Å². The molecule has 5 heteroatoms. The summed E-state index contributed by atoms with van der Waals surface area (Å²) in [6, 6.07) is 0. The lowest BCUT2D eigenvalue weighted by atomic mass is 9.68. The number of imidazole rings is 1. The van der Waals surface area contributed by atoms with Gasteiger partial charge < -0.3 is 4.98 Å². The predicted molar refractivity (Wildman–Crippen MR) is 138 cm³/mol. The zero-order valence-electron chi connectivity index (χ0n) is 20.7. The van der Waals surface area contributed by atoms with Crippen LogP contribution in [0.15, 0.2) is 53.4 Å². The van der Waals surface area contributed by atoms with Crippen LogP contribution in [0, 0.1) is 22.7 Å². The smallest absolute Gasteiger partial charge is 0.178 e. The van der Waals surface area contributed by atoms with Crippen molar-refractivity contribution in [1.82, 2.24) is 9.97 Å². The average molecular weight is 467 g/mol. The van der Waals surface area contributed by atoms with Crippen LogP contribution in [-0.4, -0.2) is 27.3 Å². The minimum absolute atomic E-state index is 0.0293. The first-order valence-corrected chi connectivity index (χ1v) is 13.0. The number of ketones is 2. The van der Waals surface area contributed by atoms with Gasteiger partial charge in [-0.25, -0.2) is 4.98 Å². The number of thioether (sulfide) groups is 1. The molecule has 178 valence electrons. The second-order valence-corrected chi connectivity index (χ2v) is 11.4. The van der Waals surface area contributed by atoms with Crippen LogP contribution in [-0.2, 0) is 9.59 Å². The lowest BCUT2D eigenvalue weighted by Gasteiger charge is -2.36. The van der Waals surface area contributed by atoms with Gasteiger partial charge in [-0.15, -0.1) is 0 Å². The number of Topliss-reactive ketones (excluding diaryl/α,β-unsaturated/α-hetero) is 1. The van der Waals surface area contributed by atoms with Crippen LogP contribution in [0.4, 0.5) is 0 Å². The largest absolute Gasteiger partial charge is 0.333 e. The Morgan fingerprint density at radius 2 is 1.94 bits per heavy atom. The van der Waals surface area contributed by atoms with Crippen LogP contribution in [0.5, 0.6) is 0 Å². The molecule has 0 bridgehead atoms. The summed E-state index contributed by atoms with van der Waals surface area (Å²) in [4.78, 5) is 32.5. The number of aromatic amines is 1. The quantitative estimate of drug-likeness (QED) is 0.299. The van der Waals surface area contributed by atoms with Gasteiger partial charge >= 0.3 is 0 Å². The van der Waals surface area contributed by atoms with E-state index in [1.807, 2.05) is 38.3 Å². The summed E-state index contributed by atoms with van der Waals surface area (Å²) < 4.78 is 0. The van der Waals surface area contributed by atoms with Gasteiger partial charge in [-0.1, -0.05) is 63.3 Å². The molecular weight excluding hydrogens is 428 g/mol. The summed E-state index contributed by atoms with van der Waals surface area (Å²) >= 11 is 1.50. The molecule has 1 fully saturated rings. The van der Waals surface area contributed by atoms with Gasteiger partial charge in [0.25, 0.3) is 0 Å². The maximum Gasteiger partial charge on any atom is 0.178 e. The van der Waals surface area contributed by atoms with Gasteiger partial charge in [0.2, 0.25) is 0 Å². The number of carbonyl (C=O) groups is 2. The van der Waals surface area contributed by atoms with Crippen molar-refractivity contribution in [2.75, 3.05) is 5.75 Å². The van der Waals surface area contributed by atoms with Crippen LogP contribution >= 0.6 is 11.8 Å². The van der Waals surface area contributed by atoms with E-state index in [0.717, 1.165) is 54.1 Å². The monoisotopic (exact) mass is 466 g/mol. The Balaban J connectivity index is 1.57. The third-order valence-corrected chi connectivity index (χ3v) is 8.76. The number of carbonyl (C=O) groups excluding carboxylic acids is 2. The van der Waals surface area contributed by atoms with Gasteiger partial charge in [0.1, 0.15) is 5.78 Å². The highest BCUT2D eigenvalue weighted by molar-refractivity contribution is 7.99. The Morgan fingerprint density at radius 1 is 1.24 bits per heavy atom. The van der Waals surface area contributed by atoms with Gasteiger partial charge in [0.05, 0.1) is 17.6 Å². The molecule has 3 unspecified atom stereocenters. The Kier molecular flexibility index (Phi) is 8.04. The minimum atomic E-state index is -0.0601. The molecule has 1 aromatic heterocycles. The minimum Gasteiger partial charge on any atom is -0.333 e. The molecule has 3 rings (SSSR count). The number of allylic oxidation sites excluding steroid dienone is 6. The van der Waals surface area contributed by atoms with Gasteiger partial charge in [0.15, 0.2) is 10.9 Å². The van der Waals surface area contributed by atoms with Crippen molar-refractivity contribution >= 4 is 29.4 Å². The summed E-state index contributed by atoms with van der Waals surface area (Å²) in [5.41, 5.74) is 3.05. The van der Waals surface area contributed by atoms with Gasteiger partial charge in [-0.05, 0) is 74.7 Å². The van der Waals surface area contributed by atoms with E-state index >= 15 is 0 Å². The molecule has 4 nitrogen and oxygen atoms in total. The van der Waals surface area contributed by atoms with E-state index in [-0.39, 0.29) is 22.5 Å². The molecule has 0 radical (unpaired) electrons. The molecule has 2 aliphatic carbocycles. The molecule has 3 atom stereocenters. The fourth-order valence-corrected chi connectivity index (χ4v) is 5.90. The zero-order chi connectivity index (χ0) is 24.2. The van der Waals surface area contributed by atoms with E-state index in [1.165, 1.54) is 11.8 Å². The SMILES string of the molecule is C=C(C)/C(C)=C\c1cnc(SCC(=O)C2CCC(C)C2(C)CCCC2(C)C=CC(=O)C=C2)[nH]1. The summed E-state index contributed by atoms with van der Waals surface area (Å²) in [6.45, 7) is 14.8. The van der Waals surface area contributed by atoms with Crippen LogP contribution in [0.3, 0.4) is 0 Å². The number of H-pyrrole nitrogens is 1. The number of rotatable bonds is 10. The standard InChI is InChI=1S/C28H38N2O2S/c1-19(2)20(3)16-22-17-29-26(30-22)33-18-25(32)24-9-8-21(4)28(24,6)13-7-12-27(5)14-10-23(31)11-15-27/h10-11,14-17,21,24H,1,7-9,12-13,18H2,2-6H3,(H,29,30)/b20-16-. The van der Waals surface area contributed by atoms with Crippen LogP contribution in [0.1, 0.15) is 72.4 Å². The van der Waals surface area contributed by atoms with Crippen molar-refractivity contribution in [3.05, 3.63) is 53.9 Å². The lowest BCUT2D eigenvalue weighted by molar-refractivity contribution is -0.124. The van der Waals surface area contributed by atoms with Crippen molar-refractivity contribution in [3.8, 4) is 0 Å². The number of nitrogens with zero attached hydrogens (tertiary/aromatic N) is 1. The first-order chi connectivity index (χ1) is 15.5. The van der Waals surface area contributed by atoms with E-state index in [0.29, 0.717) is 17.5 Å². The third kappa shape index (κ3) is 6.26. The first kappa shape index (κ1) is 25.5. The van der Waals surface area contributed by atoms with E-state index < -0.39 is 0 Å². The number of nitrogens with one attached hydrogen (secondary N) is 1. The highest BCUT2D eigenvalue weighted by Gasteiger charge is 2.47. The van der Waals surface area contributed by atoms with E-state index in [2.05, 4.69) is 37.3 Å². The van der Waals surface area contributed by atoms with Gasteiger partial charge in [0, 0.05) is 11.3 Å². The summed E-state index contributed by atoms with van der Waals surface area (Å²) in [5, 5.41) is 0.787. The van der Waals surface area contributed by atoms with E-state index in [4.69, 9.17) is 0 Å². The molecule has 0 saturated heterocycles. The molecule has 2 aliphatic rings. The van der Waals surface area contributed by atoms with Crippen LogP contribution in [0.25, 0.3) is 6.08 Å². The van der Waals surface area contributed by atoms with Crippen LogP contribution in [0.2, 0.25) is 0 Å². The summed E-state index contributed by atoms with van der Waals surface area (Å²) in [7, 11) is 0. The average Bonchev–Trinajstić information content (AvgIpc) is 3.33. The Morgan fingerprint density at radius 3 is 2.61 bits per heavy atom. The fraction of sp³-hybridized carbons (Fsp3) is 0.536. The van der Waals surface area contributed by atoms with E-state index in [1.54, 1.807) is 12.2 Å². The van der Waals surface area contributed by atoms with Crippen molar-refractivity contribution in [2.45, 2.75) is 71.9 Å². The highest BCUT2D eigenvalue weighted by Crippen LogP contribution is 2.52. The molecular formula is C28H38N2O2S. The molecule has 0 amide bonds. The molecule has 0 spiro atoms. The first-order valence-electron chi connectivity index (χ1n) is 12.0. The predicted octanol–water partition coefficient (Wildman–Crippen LogP) is 6.97. The molecule has 33 heavy (non-hydrogen) atoms. The van der Waals surface area contributed by atoms with Crippen molar-refractivity contribution in [1.29, 1.82) is 0 Å².